The Morgan fingerprint density at radius 1 is 1.20 bits per heavy atom. The van der Waals surface area contributed by atoms with Gasteiger partial charge in [0, 0.05) is 6.54 Å². The molecule has 1 aromatic heterocycles. The summed E-state index contributed by atoms with van der Waals surface area (Å²) in [5, 5.41) is 12.4. The van der Waals surface area contributed by atoms with Crippen LogP contribution in [0.1, 0.15) is 47.0 Å². The van der Waals surface area contributed by atoms with Gasteiger partial charge in [-0.05, 0) is 24.0 Å². The minimum absolute atomic E-state index is 0.181. The summed E-state index contributed by atoms with van der Waals surface area (Å²) in [6.45, 7) is 8.33. The largest absolute Gasteiger partial charge is 0.394 e. The molecule has 2 rings (SSSR count). The number of nitrogens with zero attached hydrogens (tertiary/aromatic N) is 2. The average molecular weight is 347 g/mol. The second-order valence-electron chi connectivity index (χ2n) is 7.52. The monoisotopic (exact) mass is 347 g/mol. The number of hydrogen-bond acceptors (Lipinski definition) is 3. The van der Waals surface area contributed by atoms with E-state index < -0.39 is 12.1 Å². The minimum atomic E-state index is -0.496. The lowest BCUT2D eigenvalue weighted by atomic mass is 9.87. The maximum absolute atomic E-state index is 12.8. The Morgan fingerprint density at radius 2 is 1.84 bits per heavy atom. The fourth-order valence-corrected chi connectivity index (χ4v) is 2.89. The highest BCUT2D eigenvalue weighted by Crippen LogP contribution is 2.19. The van der Waals surface area contributed by atoms with Crippen molar-refractivity contribution in [1.82, 2.24) is 14.5 Å². The summed E-state index contributed by atoms with van der Waals surface area (Å²) in [5.41, 5.74) is 0.704. The van der Waals surface area contributed by atoms with Crippen molar-refractivity contribution in [3.05, 3.63) is 34.7 Å². The van der Waals surface area contributed by atoms with Gasteiger partial charge in [-0.1, -0.05) is 52.7 Å². The van der Waals surface area contributed by atoms with E-state index in [9.17, 15) is 14.7 Å². The number of aromatic nitrogens is 2. The zero-order chi connectivity index (χ0) is 18.6. The first-order chi connectivity index (χ1) is 11.8. The van der Waals surface area contributed by atoms with Crippen molar-refractivity contribution >= 4 is 17.1 Å². The quantitative estimate of drug-likeness (QED) is 0.789. The van der Waals surface area contributed by atoms with Crippen LogP contribution in [0.3, 0.4) is 0 Å². The van der Waals surface area contributed by atoms with Crippen LogP contribution in [0.25, 0.3) is 11.0 Å². The Hall–Kier alpha value is -2.08. The number of aliphatic hydroxyl groups is 1. The van der Waals surface area contributed by atoms with Gasteiger partial charge >= 0.3 is 11.7 Å². The molecule has 2 N–H and O–H groups in total. The van der Waals surface area contributed by atoms with E-state index in [4.69, 9.17) is 0 Å². The first kappa shape index (κ1) is 19.2. The van der Waals surface area contributed by atoms with Gasteiger partial charge in [0.2, 0.25) is 0 Å². The summed E-state index contributed by atoms with van der Waals surface area (Å²) in [4.78, 5) is 25.6. The van der Waals surface area contributed by atoms with Crippen LogP contribution in [0.15, 0.2) is 29.1 Å². The van der Waals surface area contributed by atoms with Crippen LogP contribution < -0.4 is 11.0 Å². The number of aliphatic hydroxyl groups excluding tert-OH is 1. The van der Waals surface area contributed by atoms with Crippen molar-refractivity contribution in [3.63, 3.8) is 0 Å². The number of amides is 1. The number of rotatable bonds is 6. The molecule has 1 aromatic carbocycles. The maximum Gasteiger partial charge on any atom is 0.337 e. The molecule has 1 amide bonds. The van der Waals surface area contributed by atoms with Crippen LogP contribution in [0.4, 0.5) is 4.79 Å². The summed E-state index contributed by atoms with van der Waals surface area (Å²) in [5.74, 6) is 0. The number of para-hydroxylation sites is 2. The molecule has 0 bridgehead atoms. The van der Waals surface area contributed by atoms with Crippen molar-refractivity contribution in [1.29, 1.82) is 0 Å². The molecule has 0 radical (unpaired) electrons. The fourth-order valence-electron chi connectivity index (χ4n) is 2.89. The molecule has 0 unspecified atom stereocenters. The molecule has 0 aliphatic carbocycles. The third-order valence-electron chi connectivity index (χ3n) is 4.55. The predicted octanol–water partition coefficient (Wildman–Crippen LogP) is 2.96. The van der Waals surface area contributed by atoms with E-state index in [1.54, 1.807) is 10.6 Å². The van der Waals surface area contributed by atoms with E-state index in [-0.39, 0.29) is 17.7 Å². The van der Waals surface area contributed by atoms with Crippen molar-refractivity contribution in [3.8, 4) is 0 Å². The van der Waals surface area contributed by atoms with E-state index in [0.29, 0.717) is 12.1 Å². The highest BCUT2D eigenvalue weighted by Gasteiger charge is 2.27. The predicted molar refractivity (Wildman–Crippen MR) is 100.0 cm³/mol. The summed E-state index contributed by atoms with van der Waals surface area (Å²) in [6.07, 6.45) is 3.00. The number of unbranched alkanes of at least 4 members (excludes halogenated alkanes) is 2. The van der Waals surface area contributed by atoms with E-state index >= 15 is 0 Å². The summed E-state index contributed by atoms with van der Waals surface area (Å²) < 4.78 is 2.84. The smallest absolute Gasteiger partial charge is 0.337 e. The molecule has 1 heterocycles. The van der Waals surface area contributed by atoms with Gasteiger partial charge in [-0.25, -0.2) is 14.2 Å². The molecule has 25 heavy (non-hydrogen) atoms. The summed E-state index contributed by atoms with van der Waals surface area (Å²) in [6, 6.07) is 6.39. The van der Waals surface area contributed by atoms with Gasteiger partial charge in [0.1, 0.15) is 0 Å². The SMILES string of the molecule is CCCCCn1c(=O)n(C(=O)N[C@H](CO)C(C)(C)C)c2ccccc21. The molecule has 2 aromatic rings. The van der Waals surface area contributed by atoms with Crippen LogP contribution in [0.5, 0.6) is 0 Å². The molecule has 0 saturated carbocycles. The van der Waals surface area contributed by atoms with Gasteiger partial charge in [-0.2, -0.15) is 0 Å². The van der Waals surface area contributed by atoms with E-state index in [1.165, 1.54) is 4.57 Å². The average Bonchev–Trinajstić information content (AvgIpc) is 2.84. The maximum atomic E-state index is 12.8. The van der Waals surface area contributed by atoms with Crippen LogP contribution in [-0.2, 0) is 6.54 Å². The number of imidazole rings is 1. The second-order valence-corrected chi connectivity index (χ2v) is 7.52. The Bertz CT molecular complexity index is 783. The number of benzene rings is 1. The van der Waals surface area contributed by atoms with Crippen LogP contribution in [0, 0.1) is 5.41 Å². The van der Waals surface area contributed by atoms with Crippen molar-refractivity contribution in [2.24, 2.45) is 5.41 Å². The molecule has 0 fully saturated rings. The zero-order valence-corrected chi connectivity index (χ0v) is 15.6. The lowest BCUT2D eigenvalue weighted by Gasteiger charge is -2.29. The number of nitrogens with one attached hydrogen (secondary N) is 1. The van der Waals surface area contributed by atoms with Gasteiger partial charge in [0.25, 0.3) is 0 Å². The molecular weight excluding hydrogens is 318 g/mol. The fraction of sp³-hybridized carbons (Fsp3) is 0.579. The summed E-state index contributed by atoms with van der Waals surface area (Å²) in [7, 11) is 0. The molecule has 0 spiro atoms. The van der Waals surface area contributed by atoms with Crippen LogP contribution in [0.2, 0.25) is 0 Å². The lowest BCUT2D eigenvalue weighted by Crippen LogP contribution is -2.49. The normalized spacial score (nSPS) is 13.2. The van der Waals surface area contributed by atoms with E-state index in [1.807, 2.05) is 39.0 Å². The van der Waals surface area contributed by atoms with Crippen LogP contribution >= 0.6 is 0 Å². The second kappa shape index (κ2) is 7.87. The Kier molecular flexibility index (Phi) is 6.06. The molecule has 138 valence electrons. The van der Waals surface area contributed by atoms with Gasteiger partial charge in [0.05, 0.1) is 23.7 Å². The standard InChI is InChI=1S/C19H29N3O3/c1-5-6-9-12-21-14-10-7-8-11-15(14)22(18(21)25)17(24)20-16(13-23)19(2,3)4/h7-8,10-11,16,23H,5-6,9,12-13H2,1-4H3,(H,20,24)/t16-/m1/s1. The highest BCUT2D eigenvalue weighted by atomic mass is 16.3. The lowest BCUT2D eigenvalue weighted by molar-refractivity contribution is 0.159. The third-order valence-corrected chi connectivity index (χ3v) is 4.55. The zero-order valence-electron chi connectivity index (χ0n) is 15.6. The Morgan fingerprint density at radius 3 is 2.40 bits per heavy atom. The van der Waals surface area contributed by atoms with Gasteiger partial charge in [-0.3, -0.25) is 4.57 Å². The minimum Gasteiger partial charge on any atom is -0.394 e. The summed E-state index contributed by atoms with van der Waals surface area (Å²) >= 11 is 0. The molecule has 1 atom stereocenters. The molecule has 0 aliphatic heterocycles. The topological polar surface area (TPSA) is 76.3 Å². The molecule has 0 aliphatic rings. The van der Waals surface area contributed by atoms with Crippen LogP contribution in [-0.4, -0.2) is 32.9 Å². The Labute approximate surface area is 148 Å². The van der Waals surface area contributed by atoms with E-state index in [2.05, 4.69) is 12.2 Å². The van der Waals surface area contributed by atoms with Crippen molar-refractivity contribution < 1.29 is 9.90 Å². The number of fused-ring (bicyclic) bond motifs is 1. The van der Waals surface area contributed by atoms with Gasteiger partial charge in [-0.15, -0.1) is 0 Å². The van der Waals surface area contributed by atoms with Gasteiger partial charge in [0.15, 0.2) is 0 Å². The first-order valence-electron chi connectivity index (χ1n) is 8.93. The number of carbonyl (C=O) groups is 1. The Balaban J connectivity index is 2.42. The number of aryl methyl sites for hydroxylation is 1. The number of carbonyl (C=O) groups excluding carboxylic acids is 1. The van der Waals surface area contributed by atoms with Crippen molar-refractivity contribution in [2.75, 3.05) is 6.61 Å². The third kappa shape index (κ3) is 4.12. The first-order valence-corrected chi connectivity index (χ1v) is 8.93. The van der Waals surface area contributed by atoms with E-state index in [0.717, 1.165) is 24.8 Å². The van der Waals surface area contributed by atoms with Crippen molar-refractivity contribution in [2.45, 2.75) is 59.5 Å². The van der Waals surface area contributed by atoms with Gasteiger partial charge < -0.3 is 10.4 Å². The molecule has 6 nitrogen and oxygen atoms in total. The number of hydrogen-bond donors (Lipinski definition) is 2. The molecular formula is C19H29N3O3. The highest BCUT2D eigenvalue weighted by molar-refractivity contribution is 5.89. The molecule has 0 saturated heterocycles. The molecule has 6 heteroatoms.